The van der Waals surface area contributed by atoms with Crippen LogP contribution in [0.5, 0.6) is 0 Å². The summed E-state index contributed by atoms with van der Waals surface area (Å²) >= 11 is 1.78. The fraction of sp³-hybridized carbons (Fsp3) is 0.222. The molecule has 0 saturated carbocycles. The van der Waals surface area contributed by atoms with Gasteiger partial charge < -0.3 is 5.32 Å². The summed E-state index contributed by atoms with van der Waals surface area (Å²) in [5.74, 6) is -0.181. The lowest BCUT2D eigenvalue weighted by Gasteiger charge is -2.18. The van der Waals surface area contributed by atoms with Crippen molar-refractivity contribution in [3.05, 3.63) is 70.9 Å². The lowest BCUT2D eigenvalue weighted by molar-refractivity contribution is 0.553. The second-order valence-corrected chi connectivity index (χ2v) is 6.04. The van der Waals surface area contributed by atoms with Gasteiger partial charge in [0.05, 0.1) is 0 Å². The molecular formula is C18H18FNS. The standard InChI is InChI=1S/C18H18FNS/c1-2-20-17(11-13-7-9-14(19)10-8-13)16-12-21-18-6-4-3-5-15(16)18/h3-10,12,17,20H,2,11H2,1H3. The quantitative estimate of drug-likeness (QED) is 0.704. The van der Waals surface area contributed by atoms with E-state index in [1.807, 2.05) is 12.1 Å². The van der Waals surface area contributed by atoms with Crippen molar-refractivity contribution in [1.29, 1.82) is 0 Å². The van der Waals surface area contributed by atoms with Crippen LogP contribution in [0.15, 0.2) is 53.9 Å². The average molecular weight is 299 g/mol. The Morgan fingerprint density at radius 2 is 1.86 bits per heavy atom. The van der Waals surface area contributed by atoms with Crippen molar-refractivity contribution in [3.8, 4) is 0 Å². The van der Waals surface area contributed by atoms with Crippen LogP contribution < -0.4 is 5.32 Å². The molecule has 0 amide bonds. The van der Waals surface area contributed by atoms with Crippen molar-refractivity contribution in [2.45, 2.75) is 19.4 Å². The van der Waals surface area contributed by atoms with Crippen LogP contribution in [-0.4, -0.2) is 6.54 Å². The number of rotatable bonds is 5. The Bertz CT molecular complexity index is 717. The predicted octanol–water partition coefficient (Wildman–Crippen LogP) is 4.93. The van der Waals surface area contributed by atoms with E-state index in [-0.39, 0.29) is 11.9 Å². The Morgan fingerprint density at radius 3 is 2.62 bits per heavy atom. The zero-order valence-corrected chi connectivity index (χ0v) is 12.8. The summed E-state index contributed by atoms with van der Waals surface area (Å²) < 4.78 is 14.4. The van der Waals surface area contributed by atoms with E-state index in [0.29, 0.717) is 0 Å². The topological polar surface area (TPSA) is 12.0 Å². The molecule has 108 valence electrons. The molecule has 0 saturated heterocycles. The van der Waals surface area contributed by atoms with Crippen LogP contribution >= 0.6 is 11.3 Å². The van der Waals surface area contributed by atoms with Gasteiger partial charge in [-0.05, 0) is 53.1 Å². The van der Waals surface area contributed by atoms with Gasteiger partial charge in [0.15, 0.2) is 0 Å². The molecule has 0 aliphatic heterocycles. The first-order valence-electron chi connectivity index (χ1n) is 7.22. The van der Waals surface area contributed by atoms with Gasteiger partial charge in [0.1, 0.15) is 5.82 Å². The maximum atomic E-state index is 13.0. The number of fused-ring (bicyclic) bond motifs is 1. The number of likely N-dealkylation sites (N-methyl/N-ethyl adjacent to an activating group) is 1. The highest BCUT2D eigenvalue weighted by molar-refractivity contribution is 7.17. The molecular weight excluding hydrogens is 281 g/mol. The molecule has 0 aliphatic rings. The summed E-state index contributed by atoms with van der Waals surface area (Å²) in [5, 5.41) is 7.11. The predicted molar refractivity (Wildman–Crippen MR) is 88.3 cm³/mol. The van der Waals surface area contributed by atoms with Crippen molar-refractivity contribution in [3.63, 3.8) is 0 Å². The Morgan fingerprint density at radius 1 is 1.10 bits per heavy atom. The maximum Gasteiger partial charge on any atom is 0.123 e. The monoisotopic (exact) mass is 299 g/mol. The zero-order valence-electron chi connectivity index (χ0n) is 12.0. The Labute approximate surface area is 128 Å². The molecule has 0 radical (unpaired) electrons. The van der Waals surface area contributed by atoms with Crippen LogP contribution in [0.2, 0.25) is 0 Å². The second kappa shape index (κ2) is 6.37. The third-order valence-corrected chi connectivity index (χ3v) is 4.67. The lowest BCUT2D eigenvalue weighted by Crippen LogP contribution is -2.22. The van der Waals surface area contributed by atoms with Crippen molar-refractivity contribution in [2.24, 2.45) is 0 Å². The number of nitrogens with one attached hydrogen (secondary N) is 1. The van der Waals surface area contributed by atoms with Gasteiger partial charge in [-0.3, -0.25) is 0 Å². The molecule has 0 fully saturated rings. The maximum absolute atomic E-state index is 13.0. The van der Waals surface area contributed by atoms with Crippen LogP contribution in [0, 0.1) is 5.82 Å². The minimum atomic E-state index is -0.181. The van der Waals surface area contributed by atoms with Crippen molar-refractivity contribution in [1.82, 2.24) is 5.32 Å². The molecule has 1 aromatic heterocycles. The first-order chi connectivity index (χ1) is 10.3. The Balaban J connectivity index is 1.92. The zero-order chi connectivity index (χ0) is 14.7. The molecule has 3 aromatic rings. The Kier molecular flexibility index (Phi) is 4.32. The third-order valence-electron chi connectivity index (χ3n) is 3.69. The van der Waals surface area contributed by atoms with Crippen LogP contribution in [0.1, 0.15) is 24.1 Å². The van der Waals surface area contributed by atoms with Gasteiger partial charge in [0.2, 0.25) is 0 Å². The van der Waals surface area contributed by atoms with E-state index >= 15 is 0 Å². The molecule has 1 atom stereocenters. The lowest BCUT2D eigenvalue weighted by atomic mass is 9.98. The van der Waals surface area contributed by atoms with Gasteiger partial charge in [0.25, 0.3) is 0 Å². The van der Waals surface area contributed by atoms with Gasteiger partial charge in [0, 0.05) is 10.7 Å². The van der Waals surface area contributed by atoms with Gasteiger partial charge in [-0.15, -0.1) is 11.3 Å². The molecule has 0 bridgehead atoms. The SMILES string of the molecule is CCNC(Cc1ccc(F)cc1)c1csc2ccccc12. The summed E-state index contributed by atoms with van der Waals surface area (Å²) in [4.78, 5) is 0. The van der Waals surface area contributed by atoms with Crippen molar-refractivity contribution < 1.29 is 4.39 Å². The number of halogens is 1. The molecule has 0 aliphatic carbocycles. The highest BCUT2D eigenvalue weighted by Crippen LogP contribution is 2.31. The van der Waals surface area contributed by atoms with Crippen molar-refractivity contribution in [2.75, 3.05) is 6.54 Å². The molecule has 1 heterocycles. The van der Waals surface area contributed by atoms with E-state index in [9.17, 15) is 4.39 Å². The molecule has 2 aromatic carbocycles. The van der Waals surface area contributed by atoms with E-state index in [2.05, 4.69) is 41.9 Å². The first-order valence-corrected chi connectivity index (χ1v) is 8.10. The van der Waals surface area contributed by atoms with E-state index in [1.165, 1.54) is 27.8 Å². The molecule has 3 heteroatoms. The minimum Gasteiger partial charge on any atom is -0.310 e. The van der Waals surface area contributed by atoms with Crippen LogP contribution in [-0.2, 0) is 6.42 Å². The normalized spacial score (nSPS) is 12.7. The summed E-state index contributed by atoms with van der Waals surface area (Å²) in [6.07, 6.45) is 0.870. The fourth-order valence-corrected chi connectivity index (χ4v) is 3.68. The summed E-state index contributed by atoms with van der Waals surface area (Å²) in [7, 11) is 0. The largest absolute Gasteiger partial charge is 0.310 e. The smallest absolute Gasteiger partial charge is 0.123 e. The average Bonchev–Trinajstić information content (AvgIpc) is 2.93. The van der Waals surface area contributed by atoms with E-state index in [4.69, 9.17) is 0 Å². The van der Waals surface area contributed by atoms with E-state index in [1.54, 1.807) is 11.3 Å². The number of hydrogen-bond donors (Lipinski definition) is 1. The van der Waals surface area contributed by atoms with Gasteiger partial charge in [-0.25, -0.2) is 4.39 Å². The molecule has 0 spiro atoms. The van der Waals surface area contributed by atoms with Crippen molar-refractivity contribution >= 4 is 21.4 Å². The second-order valence-electron chi connectivity index (χ2n) is 5.13. The summed E-state index contributed by atoms with van der Waals surface area (Å²) in [5.41, 5.74) is 2.49. The van der Waals surface area contributed by atoms with E-state index < -0.39 is 0 Å². The fourth-order valence-electron chi connectivity index (χ4n) is 2.66. The molecule has 1 N–H and O–H groups in total. The van der Waals surface area contributed by atoms with Gasteiger partial charge in [-0.1, -0.05) is 37.3 Å². The number of hydrogen-bond acceptors (Lipinski definition) is 2. The van der Waals surface area contributed by atoms with Gasteiger partial charge in [-0.2, -0.15) is 0 Å². The van der Waals surface area contributed by atoms with Gasteiger partial charge >= 0.3 is 0 Å². The van der Waals surface area contributed by atoms with E-state index in [0.717, 1.165) is 18.5 Å². The number of thiophene rings is 1. The van der Waals surface area contributed by atoms with Crippen LogP contribution in [0.3, 0.4) is 0 Å². The summed E-state index contributed by atoms with van der Waals surface area (Å²) in [6.45, 7) is 3.03. The highest BCUT2D eigenvalue weighted by Gasteiger charge is 2.15. The minimum absolute atomic E-state index is 0.181. The summed E-state index contributed by atoms with van der Waals surface area (Å²) in [6, 6.07) is 15.6. The molecule has 1 unspecified atom stereocenters. The van der Waals surface area contributed by atoms with Crippen LogP contribution in [0.4, 0.5) is 4.39 Å². The highest BCUT2D eigenvalue weighted by atomic mass is 32.1. The molecule has 3 rings (SSSR count). The first kappa shape index (κ1) is 14.2. The number of benzene rings is 2. The molecule has 21 heavy (non-hydrogen) atoms. The third kappa shape index (κ3) is 3.14. The molecule has 1 nitrogen and oxygen atoms in total. The Hall–Kier alpha value is -1.71. The van der Waals surface area contributed by atoms with Crippen LogP contribution in [0.25, 0.3) is 10.1 Å².